The molecular formula is C17H15N3O5S. The number of carboxylic acid groups (broad SMARTS) is 1. The minimum absolute atomic E-state index is 0.00123. The molecule has 2 aromatic rings. The molecular weight excluding hydrogens is 358 g/mol. The van der Waals surface area contributed by atoms with Gasteiger partial charge in [-0.15, -0.1) is 0 Å². The zero-order valence-electron chi connectivity index (χ0n) is 13.5. The Balaban J connectivity index is 2.04. The molecule has 8 nitrogen and oxygen atoms in total. The first-order chi connectivity index (χ1) is 12.3. The monoisotopic (exact) mass is 373 g/mol. The fraction of sp³-hybridized carbons (Fsp3) is 0.118. The number of amides is 1. The maximum Gasteiger partial charge on any atom is 0.305 e. The molecule has 9 heteroatoms. The maximum absolute atomic E-state index is 12.3. The minimum atomic E-state index is -3.82. The first-order valence-electron chi connectivity index (χ1n) is 7.45. The number of carboxylic acids is 1. The van der Waals surface area contributed by atoms with Gasteiger partial charge >= 0.3 is 5.97 Å². The van der Waals surface area contributed by atoms with Gasteiger partial charge in [0, 0.05) is 17.8 Å². The largest absolute Gasteiger partial charge is 0.481 e. The van der Waals surface area contributed by atoms with Gasteiger partial charge in [0.25, 0.3) is 15.9 Å². The predicted molar refractivity (Wildman–Crippen MR) is 93.0 cm³/mol. The van der Waals surface area contributed by atoms with E-state index in [9.17, 15) is 18.0 Å². The molecule has 2 rings (SSSR count). The van der Waals surface area contributed by atoms with Gasteiger partial charge in [0.1, 0.15) is 0 Å². The van der Waals surface area contributed by atoms with Crippen LogP contribution in [0.2, 0.25) is 0 Å². The van der Waals surface area contributed by atoms with Crippen LogP contribution in [0.15, 0.2) is 53.4 Å². The van der Waals surface area contributed by atoms with Gasteiger partial charge in [0.15, 0.2) is 0 Å². The number of nitrogens with one attached hydrogen (secondary N) is 2. The molecule has 3 N–H and O–H groups in total. The molecule has 26 heavy (non-hydrogen) atoms. The Morgan fingerprint density at radius 3 is 2.19 bits per heavy atom. The van der Waals surface area contributed by atoms with Gasteiger partial charge in [-0.25, -0.2) is 8.42 Å². The summed E-state index contributed by atoms with van der Waals surface area (Å²) in [6.07, 6.45) is -0.186. The smallest absolute Gasteiger partial charge is 0.305 e. The van der Waals surface area contributed by atoms with Crippen LogP contribution in [0.25, 0.3) is 0 Å². The zero-order chi connectivity index (χ0) is 19.2. The van der Waals surface area contributed by atoms with Crippen molar-refractivity contribution in [2.24, 2.45) is 0 Å². The molecule has 134 valence electrons. The van der Waals surface area contributed by atoms with Gasteiger partial charge in [-0.1, -0.05) is 0 Å². The zero-order valence-corrected chi connectivity index (χ0v) is 14.3. The summed E-state index contributed by atoms with van der Waals surface area (Å²) in [5.41, 5.74) is 0.885. The molecule has 2 aromatic carbocycles. The van der Waals surface area contributed by atoms with E-state index in [0.717, 1.165) is 0 Å². The number of carbonyl (C=O) groups excluding carboxylic acids is 1. The summed E-state index contributed by atoms with van der Waals surface area (Å²) in [5.74, 6) is -1.47. The Morgan fingerprint density at radius 1 is 1.04 bits per heavy atom. The van der Waals surface area contributed by atoms with Gasteiger partial charge in [0.2, 0.25) is 0 Å². The molecule has 0 bridgehead atoms. The fourth-order valence-corrected chi connectivity index (χ4v) is 3.06. The van der Waals surface area contributed by atoms with Crippen LogP contribution in [0, 0.1) is 11.3 Å². The van der Waals surface area contributed by atoms with Crippen molar-refractivity contribution in [1.82, 2.24) is 5.32 Å². The Hall–Kier alpha value is -3.38. The van der Waals surface area contributed by atoms with Gasteiger partial charge in [-0.05, 0) is 48.5 Å². The molecule has 0 radical (unpaired) electrons. The van der Waals surface area contributed by atoms with Crippen molar-refractivity contribution in [3.05, 3.63) is 59.7 Å². The first kappa shape index (κ1) is 19.0. The van der Waals surface area contributed by atoms with Gasteiger partial charge in [0.05, 0.1) is 22.9 Å². The Labute approximate surface area is 150 Å². The highest BCUT2D eigenvalue weighted by Crippen LogP contribution is 2.17. The second-order valence-electron chi connectivity index (χ2n) is 5.22. The normalized spacial score (nSPS) is 10.6. The molecule has 0 aliphatic rings. The van der Waals surface area contributed by atoms with Crippen molar-refractivity contribution in [1.29, 1.82) is 5.26 Å². The van der Waals surface area contributed by atoms with Gasteiger partial charge in [-0.2, -0.15) is 5.26 Å². The van der Waals surface area contributed by atoms with Crippen molar-refractivity contribution < 1.29 is 23.1 Å². The lowest BCUT2D eigenvalue weighted by Gasteiger charge is -2.09. The summed E-state index contributed by atoms with van der Waals surface area (Å²) in [7, 11) is -3.82. The number of carbonyl (C=O) groups is 2. The van der Waals surface area contributed by atoms with E-state index >= 15 is 0 Å². The molecule has 0 spiro atoms. The number of benzene rings is 2. The number of hydrogen-bond acceptors (Lipinski definition) is 5. The molecule has 0 saturated carbocycles. The highest BCUT2D eigenvalue weighted by molar-refractivity contribution is 7.92. The fourth-order valence-electron chi connectivity index (χ4n) is 2.00. The minimum Gasteiger partial charge on any atom is -0.481 e. The highest BCUT2D eigenvalue weighted by atomic mass is 32.2. The molecule has 0 aromatic heterocycles. The molecule has 0 unspecified atom stereocenters. The number of anilines is 1. The van der Waals surface area contributed by atoms with E-state index < -0.39 is 21.9 Å². The third-order valence-corrected chi connectivity index (χ3v) is 4.71. The molecule has 0 aliphatic carbocycles. The van der Waals surface area contributed by atoms with E-state index in [0.29, 0.717) is 5.56 Å². The number of aliphatic carboxylic acids is 1. The van der Waals surface area contributed by atoms with E-state index in [1.807, 2.05) is 6.07 Å². The third-order valence-electron chi connectivity index (χ3n) is 3.32. The molecule has 0 heterocycles. The molecule has 0 saturated heterocycles. The number of nitriles is 1. The maximum atomic E-state index is 12.3. The summed E-state index contributed by atoms with van der Waals surface area (Å²) in [6, 6.07) is 13.1. The van der Waals surface area contributed by atoms with Crippen molar-refractivity contribution in [3.63, 3.8) is 0 Å². The molecule has 0 aliphatic heterocycles. The van der Waals surface area contributed by atoms with Crippen molar-refractivity contribution >= 4 is 27.6 Å². The van der Waals surface area contributed by atoms with Crippen LogP contribution in [0.1, 0.15) is 22.3 Å². The van der Waals surface area contributed by atoms with Crippen molar-refractivity contribution in [2.75, 3.05) is 11.3 Å². The van der Waals surface area contributed by atoms with Crippen LogP contribution in [-0.2, 0) is 14.8 Å². The Kier molecular flexibility index (Phi) is 5.93. The SMILES string of the molecule is N#Cc1ccc(S(=O)(=O)Nc2ccc(C(=O)NCCC(=O)O)cc2)cc1. The first-order valence-corrected chi connectivity index (χ1v) is 8.93. The summed E-state index contributed by atoms with van der Waals surface area (Å²) in [5, 5.41) is 19.7. The van der Waals surface area contributed by atoms with Crippen molar-refractivity contribution in [2.45, 2.75) is 11.3 Å². The summed E-state index contributed by atoms with van der Waals surface area (Å²) in [6.45, 7) is 0.00123. The van der Waals surface area contributed by atoms with E-state index in [-0.39, 0.29) is 29.1 Å². The highest BCUT2D eigenvalue weighted by Gasteiger charge is 2.14. The molecule has 1 amide bonds. The van der Waals surface area contributed by atoms with Crippen LogP contribution in [0.3, 0.4) is 0 Å². The van der Waals surface area contributed by atoms with Crippen LogP contribution in [0.4, 0.5) is 5.69 Å². The number of sulfonamides is 1. The van der Waals surface area contributed by atoms with Crippen LogP contribution < -0.4 is 10.0 Å². The number of nitrogens with zero attached hydrogens (tertiary/aromatic N) is 1. The van der Waals surface area contributed by atoms with Crippen LogP contribution >= 0.6 is 0 Å². The quantitative estimate of drug-likeness (QED) is 0.674. The van der Waals surface area contributed by atoms with Crippen LogP contribution in [0.5, 0.6) is 0 Å². The third kappa shape index (κ3) is 5.06. The molecule has 0 atom stereocenters. The van der Waals surface area contributed by atoms with Gasteiger partial charge in [-0.3, -0.25) is 14.3 Å². The lowest BCUT2D eigenvalue weighted by atomic mass is 10.2. The Bertz CT molecular complexity index is 945. The average molecular weight is 373 g/mol. The number of hydrogen-bond donors (Lipinski definition) is 3. The summed E-state index contributed by atoms with van der Waals surface area (Å²) >= 11 is 0. The summed E-state index contributed by atoms with van der Waals surface area (Å²) < 4.78 is 27.0. The second-order valence-corrected chi connectivity index (χ2v) is 6.90. The average Bonchev–Trinajstić information content (AvgIpc) is 2.61. The molecule has 0 fully saturated rings. The van der Waals surface area contributed by atoms with Crippen LogP contribution in [-0.4, -0.2) is 31.9 Å². The lowest BCUT2D eigenvalue weighted by Crippen LogP contribution is -2.25. The lowest BCUT2D eigenvalue weighted by molar-refractivity contribution is -0.136. The van der Waals surface area contributed by atoms with Gasteiger partial charge < -0.3 is 10.4 Å². The standard InChI is InChI=1S/C17H15N3O5S/c18-11-12-1-7-15(8-2-12)26(24,25)20-14-5-3-13(4-6-14)17(23)19-10-9-16(21)22/h1-8,20H,9-10H2,(H,19,23)(H,21,22). The van der Waals surface area contributed by atoms with Crippen molar-refractivity contribution in [3.8, 4) is 6.07 Å². The second kappa shape index (κ2) is 8.13. The van der Waals surface area contributed by atoms with E-state index in [2.05, 4.69) is 10.0 Å². The Morgan fingerprint density at radius 2 is 1.65 bits per heavy atom. The summed E-state index contributed by atoms with van der Waals surface area (Å²) in [4.78, 5) is 22.3. The van der Waals surface area contributed by atoms with E-state index in [1.54, 1.807) is 0 Å². The van der Waals surface area contributed by atoms with E-state index in [4.69, 9.17) is 10.4 Å². The number of rotatable bonds is 7. The predicted octanol–water partition coefficient (Wildman–Crippen LogP) is 1.56. The van der Waals surface area contributed by atoms with E-state index in [1.165, 1.54) is 48.5 Å². The topological polar surface area (TPSA) is 136 Å².